The van der Waals surface area contributed by atoms with Crippen molar-refractivity contribution in [3.8, 4) is 0 Å². The first-order valence-corrected chi connectivity index (χ1v) is 8.99. The van der Waals surface area contributed by atoms with E-state index in [4.69, 9.17) is 10.4 Å². The molecule has 11 heteroatoms. The van der Waals surface area contributed by atoms with E-state index in [9.17, 15) is 18.0 Å². The van der Waals surface area contributed by atoms with Crippen LogP contribution < -0.4 is 5.84 Å². The first-order valence-electron chi connectivity index (χ1n) is 7.62. The molecule has 0 unspecified atom stereocenters. The Balaban J connectivity index is 1.72. The maximum Gasteiger partial charge on any atom is 0.418 e. The minimum atomic E-state index is -4.79. The number of urea groups is 1. The molecule has 2 bridgehead atoms. The van der Waals surface area contributed by atoms with E-state index >= 15 is 0 Å². The molecule has 1 saturated carbocycles. The Morgan fingerprint density at radius 1 is 1.26 bits per heavy atom. The van der Waals surface area contributed by atoms with Crippen LogP contribution in [0, 0.1) is 0 Å². The van der Waals surface area contributed by atoms with Crippen molar-refractivity contribution in [2.45, 2.75) is 56.7 Å². The van der Waals surface area contributed by atoms with Crippen molar-refractivity contribution in [3.63, 3.8) is 0 Å². The third-order valence-corrected chi connectivity index (χ3v) is 5.10. The summed E-state index contributed by atoms with van der Waals surface area (Å²) in [6.45, 7) is 0.170. The molecule has 3 aliphatic rings. The lowest BCUT2D eigenvalue weighted by molar-refractivity contribution is -0.139. The third-order valence-electron chi connectivity index (χ3n) is 4.75. The lowest BCUT2D eigenvalue weighted by atomic mass is 9.99. The monoisotopic (exact) mass is 348 g/mol. The number of carbonyl (C=O) groups excluding carboxylic acids is 2. The van der Waals surface area contributed by atoms with Crippen molar-refractivity contribution in [1.29, 1.82) is 0 Å². The maximum absolute atomic E-state index is 12.6. The molecule has 3 fully saturated rings. The van der Waals surface area contributed by atoms with Crippen LogP contribution in [-0.2, 0) is 19.5 Å². The van der Waals surface area contributed by atoms with Crippen molar-refractivity contribution < 1.29 is 26.8 Å². The van der Waals surface area contributed by atoms with Crippen molar-refractivity contribution in [2.75, 3.05) is 6.54 Å². The summed E-state index contributed by atoms with van der Waals surface area (Å²) < 4.78 is 34.8. The third kappa shape index (κ3) is 3.13. The van der Waals surface area contributed by atoms with Crippen LogP contribution in [0.3, 0.4) is 0 Å². The SMILES string of the molecule is NN(C(=O)[C@@H]1CC[C@@H]2CN1C(=O)N2OS(=O)(=O)O)C1CCCC1. The summed E-state index contributed by atoms with van der Waals surface area (Å²) >= 11 is 0. The van der Waals surface area contributed by atoms with Crippen molar-refractivity contribution in [2.24, 2.45) is 5.84 Å². The highest BCUT2D eigenvalue weighted by Crippen LogP contribution is 2.32. The molecule has 3 N–H and O–H groups in total. The molecule has 3 amide bonds. The average molecular weight is 348 g/mol. The van der Waals surface area contributed by atoms with Gasteiger partial charge in [0.2, 0.25) is 0 Å². The minimum absolute atomic E-state index is 0.0110. The molecule has 10 nitrogen and oxygen atoms in total. The molecule has 0 aromatic carbocycles. The normalized spacial score (nSPS) is 28.5. The van der Waals surface area contributed by atoms with Gasteiger partial charge < -0.3 is 4.90 Å². The molecular weight excluding hydrogens is 328 g/mol. The number of piperidine rings is 1. The number of nitrogens with zero attached hydrogens (tertiary/aromatic N) is 3. The summed E-state index contributed by atoms with van der Waals surface area (Å²) in [4.78, 5) is 26.1. The van der Waals surface area contributed by atoms with Gasteiger partial charge in [0.15, 0.2) is 0 Å². The van der Waals surface area contributed by atoms with Crippen LogP contribution in [0.15, 0.2) is 0 Å². The number of hydrazine groups is 1. The number of carbonyl (C=O) groups is 2. The zero-order valence-electron chi connectivity index (χ0n) is 12.5. The minimum Gasteiger partial charge on any atom is -0.309 e. The molecule has 2 atom stereocenters. The predicted octanol–water partition coefficient (Wildman–Crippen LogP) is -0.366. The van der Waals surface area contributed by atoms with E-state index in [1.54, 1.807) is 0 Å². The Hall–Kier alpha value is -1.43. The van der Waals surface area contributed by atoms with Gasteiger partial charge >= 0.3 is 16.4 Å². The van der Waals surface area contributed by atoms with Crippen molar-refractivity contribution >= 4 is 22.3 Å². The van der Waals surface area contributed by atoms with Crippen LogP contribution in [0.25, 0.3) is 0 Å². The molecule has 2 heterocycles. The van der Waals surface area contributed by atoms with Crippen LogP contribution in [-0.4, -0.2) is 64.6 Å². The Labute approximate surface area is 134 Å². The molecule has 23 heavy (non-hydrogen) atoms. The number of hydrogen-bond donors (Lipinski definition) is 2. The zero-order valence-corrected chi connectivity index (χ0v) is 13.3. The number of fused-ring (bicyclic) bond motifs is 2. The fourth-order valence-electron chi connectivity index (χ4n) is 3.62. The Kier molecular flexibility index (Phi) is 4.21. The topological polar surface area (TPSA) is 133 Å². The van der Waals surface area contributed by atoms with E-state index in [0.29, 0.717) is 17.9 Å². The van der Waals surface area contributed by atoms with Crippen LogP contribution >= 0.6 is 0 Å². The number of amides is 3. The molecule has 0 aromatic rings. The van der Waals surface area contributed by atoms with Crippen LogP contribution in [0.1, 0.15) is 38.5 Å². The molecule has 2 saturated heterocycles. The molecule has 0 spiro atoms. The quantitative estimate of drug-likeness (QED) is 0.306. The number of nitrogens with two attached hydrogens (primary N) is 1. The molecule has 130 valence electrons. The highest BCUT2D eigenvalue weighted by atomic mass is 32.3. The Morgan fingerprint density at radius 3 is 2.52 bits per heavy atom. The van der Waals surface area contributed by atoms with Gasteiger partial charge in [-0.05, 0) is 25.7 Å². The summed E-state index contributed by atoms with van der Waals surface area (Å²) in [5.74, 6) is 5.60. The van der Waals surface area contributed by atoms with Crippen molar-refractivity contribution in [1.82, 2.24) is 15.0 Å². The molecule has 2 aliphatic heterocycles. The standard InChI is InChI=1S/C12H20N4O6S/c13-15(8-3-1-2-4-8)11(17)10-6-5-9-7-14(10)12(18)16(9)22-23(19,20)21/h8-10H,1-7,13H2,(H,19,20,21)/t9-,10+/m1/s1. The lowest BCUT2D eigenvalue weighted by Gasteiger charge is -2.34. The van der Waals surface area contributed by atoms with Gasteiger partial charge in [0.1, 0.15) is 6.04 Å². The number of hydrogen-bond acceptors (Lipinski definition) is 6. The van der Waals surface area contributed by atoms with Gasteiger partial charge in [0, 0.05) is 12.6 Å². The van der Waals surface area contributed by atoms with Gasteiger partial charge in [-0.3, -0.25) is 14.4 Å². The van der Waals surface area contributed by atoms with Gasteiger partial charge in [0.05, 0.1) is 6.04 Å². The van der Waals surface area contributed by atoms with Gasteiger partial charge in [-0.25, -0.2) is 10.6 Å². The maximum atomic E-state index is 12.6. The van der Waals surface area contributed by atoms with Gasteiger partial charge in [-0.1, -0.05) is 12.8 Å². The number of hydroxylamine groups is 2. The first kappa shape index (κ1) is 16.4. The summed E-state index contributed by atoms with van der Waals surface area (Å²) in [7, 11) is -4.79. The lowest BCUT2D eigenvalue weighted by Crippen LogP contribution is -2.55. The first-order chi connectivity index (χ1) is 10.8. The average Bonchev–Trinajstić information content (AvgIpc) is 3.09. The largest absolute Gasteiger partial charge is 0.418 e. The van der Waals surface area contributed by atoms with E-state index in [1.165, 1.54) is 9.91 Å². The summed E-state index contributed by atoms with van der Waals surface area (Å²) in [6.07, 6.45) is 4.52. The fraction of sp³-hybridized carbons (Fsp3) is 0.833. The van der Waals surface area contributed by atoms with Gasteiger partial charge in [-0.2, -0.15) is 13.5 Å². The van der Waals surface area contributed by atoms with Gasteiger partial charge in [-0.15, -0.1) is 4.28 Å². The van der Waals surface area contributed by atoms with E-state index in [1.807, 2.05) is 0 Å². The number of rotatable bonds is 4. The van der Waals surface area contributed by atoms with E-state index in [0.717, 1.165) is 25.7 Å². The summed E-state index contributed by atoms with van der Waals surface area (Å²) in [6, 6.07) is -1.99. The summed E-state index contributed by atoms with van der Waals surface area (Å²) in [5, 5.41) is 1.84. The molecule has 0 radical (unpaired) electrons. The Morgan fingerprint density at radius 2 is 1.91 bits per heavy atom. The van der Waals surface area contributed by atoms with Crippen LogP contribution in [0.2, 0.25) is 0 Å². The molecule has 3 rings (SSSR count). The second-order valence-electron chi connectivity index (χ2n) is 6.19. The fourth-order valence-corrected chi connectivity index (χ4v) is 4.01. The van der Waals surface area contributed by atoms with Gasteiger partial charge in [0.25, 0.3) is 5.91 Å². The zero-order chi connectivity index (χ0) is 16.8. The smallest absolute Gasteiger partial charge is 0.309 e. The van der Waals surface area contributed by atoms with E-state index < -0.39 is 28.5 Å². The summed E-state index contributed by atoms with van der Waals surface area (Å²) in [5.41, 5.74) is 0. The van der Waals surface area contributed by atoms with E-state index in [-0.39, 0.29) is 18.5 Å². The molecule has 0 aromatic heterocycles. The molecule has 1 aliphatic carbocycles. The second-order valence-corrected chi connectivity index (χ2v) is 7.20. The highest BCUT2D eigenvalue weighted by Gasteiger charge is 2.50. The second kappa shape index (κ2) is 5.89. The van der Waals surface area contributed by atoms with E-state index in [2.05, 4.69) is 4.28 Å². The van der Waals surface area contributed by atoms with Crippen LogP contribution in [0.5, 0.6) is 0 Å². The predicted molar refractivity (Wildman–Crippen MR) is 76.7 cm³/mol. The van der Waals surface area contributed by atoms with Crippen LogP contribution in [0.4, 0.5) is 4.79 Å². The highest BCUT2D eigenvalue weighted by molar-refractivity contribution is 7.80. The molecular formula is C12H20N4O6S. The Bertz CT molecular complexity index is 605. The van der Waals surface area contributed by atoms with Crippen molar-refractivity contribution in [3.05, 3.63) is 0 Å².